The van der Waals surface area contributed by atoms with E-state index in [9.17, 15) is 19.7 Å². The third-order valence-corrected chi connectivity index (χ3v) is 9.24. The third kappa shape index (κ3) is 11.3. The Labute approximate surface area is 335 Å². The first kappa shape index (κ1) is 40.8. The number of methoxy groups -OCH3 is 2. The molecule has 12 heteroatoms. The van der Waals surface area contributed by atoms with Gasteiger partial charge in [-0.3, -0.25) is 10.1 Å². The van der Waals surface area contributed by atoms with Gasteiger partial charge in [-0.25, -0.2) is 9.59 Å². The summed E-state index contributed by atoms with van der Waals surface area (Å²) >= 11 is 12.0. The fourth-order valence-corrected chi connectivity index (χ4v) is 6.25. The van der Waals surface area contributed by atoms with Gasteiger partial charge in [-0.1, -0.05) is 108 Å². The molecular formula is C44H40Cl2N4O6. The summed E-state index contributed by atoms with van der Waals surface area (Å²) in [6.45, 7) is 1.18. The molecule has 0 aliphatic rings. The summed E-state index contributed by atoms with van der Waals surface area (Å²) in [5, 5.41) is 19.0. The maximum Gasteiger partial charge on any atom is 0.338 e. The van der Waals surface area contributed by atoms with Gasteiger partial charge in [0.15, 0.2) is 0 Å². The van der Waals surface area contributed by atoms with Gasteiger partial charge in [0.05, 0.1) is 41.6 Å². The van der Waals surface area contributed by atoms with Crippen molar-refractivity contribution in [2.75, 3.05) is 30.6 Å². The molecule has 0 spiro atoms. The fourth-order valence-electron chi connectivity index (χ4n) is 5.90. The van der Waals surface area contributed by atoms with E-state index in [2.05, 4.69) is 22.8 Å². The Hall–Kier alpha value is -6.36. The van der Waals surface area contributed by atoms with Crippen molar-refractivity contribution in [3.8, 4) is 0 Å². The number of halogens is 2. The molecule has 0 fully saturated rings. The molecule has 0 radical (unpaired) electrons. The second kappa shape index (κ2) is 19.8. The van der Waals surface area contributed by atoms with Gasteiger partial charge in [-0.15, -0.1) is 0 Å². The lowest BCUT2D eigenvalue weighted by molar-refractivity contribution is -0.384. The molecule has 0 unspecified atom stereocenters. The molecule has 0 bridgehead atoms. The average Bonchev–Trinajstić information content (AvgIpc) is 3.21. The number of anilines is 3. The quantitative estimate of drug-likeness (QED) is 0.0450. The molecule has 6 rings (SSSR count). The number of nitrogens with two attached hydrogens (primary N) is 1. The number of carbonyl (C=O) groups is 2. The van der Waals surface area contributed by atoms with Crippen molar-refractivity contribution >= 4 is 57.9 Å². The topological polar surface area (TPSA) is 146 Å². The third-order valence-electron chi connectivity index (χ3n) is 8.77. The second-order valence-corrected chi connectivity index (χ2v) is 13.5. The van der Waals surface area contributed by atoms with Crippen molar-refractivity contribution in [3.63, 3.8) is 0 Å². The van der Waals surface area contributed by atoms with E-state index < -0.39 is 16.9 Å². The van der Waals surface area contributed by atoms with E-state index in [0.29, 0.717) is 69.6 Å². The van der Waals surface area contributed by atoms with Crippen LogP contribution in [-0.4, -0.2) is 31.1 Å². The van der Waals surface area contributed by atoms with Crippen molar-refractivity contribution in [3.05, 3.63) is 198 Å². The van der Waals surface area contributed by atoms with Gasteiger partial charge in [0, 0.05) is 29.2 Å². The van der Waals surface area contributed by atoms with E-state index in [-0.39, 0.29) is 5.69 Å². The molecule has 0 aromatic heterocycles. The molecular weight excluding hydrogens is 751 g/mol. The van der Waals surface area contributed by atoms with Gasteiger partial charge in [0.25, 0.3) is 5.69 Å². The van der Waals surface area contributed by atoms with E-state index in [4.69, 9.17) is 38.4 Å². The Morgan fingerprint density at radius 3 is 1.50 bits per heavy atom. The fraction of sp³-hybridized carbons (Fsp3) is 0.136. The number of nitrogens with one attached hydrogen (secondary N) is 2. The van der Waals surface area contributed by atoms with E-state index >= 15 is 0 Å². The summed E-state index contributed by atoms with van der Waals surface area (Å²) in [6.07, 6.45) is 0.895. The Morgan fingerprint density at radius 2 is 1.05 bits per heavy atom. The molecule has 0 heterocycles. The van der Waals surface area contributed by atoms with Crippen LogP contribution in [0.25, 0.3) is 0 Å². The lowest BCUT2D eigenvalue weighted by Gasteiger charge is -2.13. The first-order valence-electron chi connectivity index (χ1n) is 17.5. The molecule has 4 N–H and O–H groups in total. The molecule has 0 amide bonds. The average molecular weight is 792 g/mol. The number of benzene rings is 6. The Balaban J connectivity index is 0.000000215. The highest BCUT2D eigenvalue weighted by Gasteiger charge is 2.18. The summed E-state index contributed by atoms with van der Waals surface area (Å²) in [4.78, 5) is 35.2. The Morgan fingerprint density at radius 1 is 0.607 bits per heavy atom. The lowest BCUT2D eigenvalue weighted by atomic mass is 9.99. The molecule has 0 saturated carbocycles. The van der Waals surface area contributed by atoms with Crippen LogP contribution >= 0.6 is 23.2 Å². The predicted octanol–water partition coefficient (Wildman–Crippen LogP) is 10.1. The molecule has 0 atom stereocenters. The minimum absolute atomic E-state index is 0.0213. The maximum absolute atomic E-state index is 12.0. The molecule has 0 aliphatic heterocycles. The number of nitro benzene ring substituents is 1. The van der Waals surface area contributed by atoms with Crippen molar-refractivity contribution in [1.29, 1.82) is 0 Å². The highest BCUT2D eigenvalue weighted by atomic mass is 35.5. The van der Waals surface area contributed by atoms with Crippen molar-refractivity contribution in [1.82, 2.24) is 0 Å². The highest BCUT2D eigenvalue weighted by Crippen LogP contribution is 2.29. The minimum Gasteiger partial charge on any atom is -0.465 e. The van der Waals surface area contributed by atoms with Crippen molar-refractivity contribution < 1.29 is 24.0 Å². The van der Waals surface area contributed by atoms with Gasteiger partial charge in [0.1, 0.15) is 5.69 Å². The van der Waals surface area contributed by atoms with Crippen LogP contribution in [0.1, 0.15) is 54.1 Å². The number of nitrogens with zero attached hydrogens (tertiary/aromatic N) is 1. The predicted molar refractivity (Wildman–Crippen MR) is 223 cm³/mol. The van der Waals surface area contributed by atoms with E-state index in [1.807, 2.05) is 72.8 Å². The van der Waals surface area contributed by atoms with Gasteiger partial charge in [-0.05, 0) is 88.7 Å². The Bertz CT molecular complexity index is 2310. The number of esters is 2. The van der Waals surface area contributed by atoms with Crippen LogP contribution in [0.3, 0.4) is 0 Å². The van der Waals surface area contributed by atoms with Crippen LogP contribution in [-0.2, 0) is 35.4 Å². The maximum atomic E-state index is 12.0. The SMILES string of the molecule is COC(=O)c1cc(Cl)ccc1Cc1ccc(NCc2ccccc2)c(N)c1.COC(=O)c1cc(Cl)ccc1Cc1ccc(NCc2ccccc2)c([N+](=O)[O-])c1. The first-order chi connectivity index (χ1) is 27.0. The molecule has 6 aromatic rings. The number of hydrogen-bond donors (Lipinski definition) is 3. The number of hydrogen-bond acceptors (Lipinski definition) is 9. The minimum atomic E-state index is -0.502. The summed E-state index contributed by atoms with van der Waals surface area (Å²) in [6, 6.07) is 40.8. The van der Waals surface area contributed by atoms with Crippen molar-refractivity contribution in [2.24, 2.45) is 0 Å². The molecule has 10 nitrogen and oxygen atoms in total. The zero-order chi connectivity index (χ0) is 40.0. The standard InChI is InChI=1S/C22H19ClN2O4.C22H21ClN2O2/c1-29-22(26)19-13-18(23)9-8-17(19)11-16-7-10-20(21(12-16)25(27)28)24-14-15-5-3-2-4-6-15;1-27-22(26)19-13-18(23)9-8-17(19)11-16-7-10-21(20(24)12-16)25-14-15-5-3-2-4-6-15/h2-10,12-13,24H,11,14H2,1H3;2-10,12-13,25H,11,14,24H2,1H3. The zero-order valence-electron chi connectivity index (χ0n) is 30.8. The highest BCUT2D eigenvalue weighted by molar-refractivity contribution is 6.31. The molecule has 0 saturated heterocycles. The smallest absolute Gasteiger partial charge is 0.338 e. The number of ether oxygens (including phenoxy) is 2. The molecule has 6 aromatic carbocycles. The van der Waals surface area contributed by atoms with Crippen LogP contribution in [0, 0.1) is 10.1 Å². The summed E-state index contributed by atoms with van der Waals surface area (Å²) in [5.41, 5.74) is 14.4. The summed E-state index contributed by atoms with van der Waals surface area (Å²) in [5.74, 6) is -0.903. The number of rotatable bonds is 13. The van der Waals surface area contributed by atoms with Gasteiger partial charge >= 0.3 is 11.9 Å². The van der Waals surface area contributed by atoms with Crippen LogP contribution in [0.4, 0.5) is 22.7 Å². The van der Waals surface area contributed by atoms with Crippen LogP contribution < -0.4 is 16.4 Å². The first-order valence-corrected chi connectivity index (χ1v) is 18.2. The molecule has 286 valence electrons. The van der Waals surface area contributed by atoms with Gasteiger partial charge < -0.3 is 25.8 Å². The van der Waals surface area contributed by atoms with Crippen LogP contribution in [0.15, 0.2) is 133 Å². The summed E-state index contributed by atoms with van der Waals surface area (Å²) in [7, 11) is 2.66. The van der Waals surface area contributed by atoms with E-state index in [1.54, 1.807) is 36.4 Å². The molecule has 56 heavy (non-hydrogen) atoms. The second-order valence-electron chi connectivity index (χ2n) is 12.6. The number of nitrogen functional groups attached to an aromatic ring is 1. The van der Waals surface area contributed by atoms with E-state index in [1.165, 1.54) is 31.9 Å². The Kier molecular flexibility index (Phi) is 14.4. The van der Waals surface area contributed by atoms with E-state index in [0.717, 1.165) is 22.4 Å². The summed E-state index contributed by atoms with van der Waals surface area (Å²) < 4.78 is 9.66. The zero-order valence-corrected chi connectivity index (χ0v) is 32.3. The van der Waals surface area contributed by atoms with Crippen molar-refractivity contribution in [2.45, 2.75) is 25.9 Å². The monoisotopic (exact) mass is 790 g/mol. The number of carbonyl (C=O) groups excluding carboxylic acids is 2. The van der Waals surface area contributed by atoms with Crippen LogP contribution in [0.2, 0.25) is 10.0 Å². The lowest BCUT2D eigenvalue weighted by Crippen LogP contribution is -2.07. The molecule has 0 aliphatic carbocycles. The van der Waals surface area contributed by atoms with Gasteiger partial charge in [-0.2, -0.15) is 0 Å². The van der Waals surface area contributed by atoms with Crippen LogP contribution in [0.5, 0.6) is 0 Å². The normalized spacial score (nSPS) is 10.4. The number of nitro groups is 1. The van der Waals surface area contributed by atoms with Gasteiger partial charge in [0.2, 0.25) is 0 Å². The largest absolute Gasteiger partial charge is 0.465 e.